The number of methoxy groups -OCH3 is 1. The van der Waals surface area contributed by atoms with Crippen LogP contribution in [0, 0.1) is 0 Å². The van der Waals surface area contributed by atoms with E-state index in [4.69, 9.17) is 4.74 Å². The van der Waals surface area contributed by atoms with E-state index in [1.54, 1.807) is 23.8 Å². The number of thioether (sulfide) groups is 1. The van der Waals surface area contributed by atoms with Crippen molar-refractivity contribution in [1.82, 2.24) is 10.2 Å². The second-order valence-corrected chi connectivity index (χ2v) is 6.13. The highest BCUT2D eigenvalue weighted by Crippen LogP contribution is 2.28. The lowest BCUT2D eigenvalue weighted by molar-refractivity contribution is -0.893. The fraction of sp³-hybridized carbons (Fsp3) is 0.412. The molecule has 1 aromatic heterocycles. The van der Waals surface area contributed by atoms with Crippen LogP contribution in [0.5, 0.6) is 5.75 Å². The molecule has 0 unspecified atom stereocenters. The summed E-state index contributed by atoms with van der Waals surface area (Å²) in [4.78, 5) is 1.62. The minimum Gasteiger partial charge on any atom is -0.496 e. The smallest absolute Gasteiger partial charge is 0.128 e. The molecule has 0 radical (unpaired) electrons. The largest absolute Gasteiger partial charge is 0.496 e. The van der Waals surface area contributed by atoms with Crippen molar-refractivity contribution < 1.29 is 9.64 Å². The molecule has 1 aromatic carbocycles. The van der Waals surface area contributed by atoms with Crippen LogP contribution in [0.15, 0.2) is 41.4 Å². The van der Waals surface area contributed by atoms with Gasteiger partial charge in [-0.1, -0.05) is 23.9 Å². The lowest BCUT2D eigenvalue weighted by Gasteiger charge is -2.14. The van der Waals surface area contributed by atoms with Crippen LogP contribution in [0.25, 0.3) is 11.3 Å². The third-order valence-corrected chi connectivity index (χ3v) is 4.65. The molecule has 0 spiro atoms. The molecule has 0 atom stereocenters. The maximum absolute atomic E-state index is 5.37. The predicted molar refractivity (Wildman–Crippen MR) is 91.7 cm³/mol. The van der Waals surface area contributed by atoms with E-state index in [1.165, 1.54) is 13.1 Å². The van der Waals surface area contributed by atoms with Gasteiger partial charge >= 0.3 is 0 Å². The fourth-order valence-corrected chi connectivity index (χ4v) is 3.16. The van der Waals surface area contributed by atoms with Crippen molar-refractivity contribution in [2.45, 2.75) is 18.9 Å². The summed E-state index contributed by atoms with van der Waals surface area (Å²) >= 11 is 1.77. The standard InChI is InChI=1S/C17H23N3OS/c1-4-20(5-2)12-13-22-17-11-10-15(18-19-17)14-8-6-7-9-16(14)21-3/h6-11H,4-5,12-13H2,1-3H3/p+1. The number of quaternary nitrogens is 1. The van der Waals surface area contributed by atoms with Gasteiger partial charge in [-0.25, -0.2) is 0 Å². The molecular formula is C17H24N3OS+. The molecule has 0 amide bonds. The first-order valence-corrected chi connectivity index (χ1v) is 8.70. The molecule has 22 heavy (non-hydrogen) atoms. The molecule has 0 saturated carbocycles. The molecule has 0 aliphatic carbocycles. The Hall–Kier alpha value is -1.59. The van der Waals surface area contributed by atoms with Crippen LogP contribution >= 0.6 is 11.8 Å². The average molecular weight is 318 g/mol. The van der Waals surface area contributed by atoms with Crippen molar-refractivity contribution in [1.29, 1.82) is 0 Å². The Morgan fingerprint density at radius 3 is 2.45 bits per heavy atom. The molecule has 2 rings (SSSR count). The van der Waals surface area contributed by atoms with Gasteiger partial charge in [0.25, 0.3) is 0 Å². The molecule has 2 aromatic rings. The van der Waals surface area contributed by atoms with Gasteiger partial charge in [0.2, 0.25) is 0 Å². The van der Waals surface area contributed by atoms with E-state index in [2.05, 4.69) is 24.0 Å². The van der Waals surface area contributed by atoms with Crippen LogP contribution < -0.4 is 9.64 Å². The van der Waals surface area contributed by atoms with E-state index >= 15 is 0 Å². The average Bonchev–Trinajstić information content (AvgIpc) is 2.59. The summed E-state index contributed by atoms with van der Waals surface area (Å²) in [5, 5.41) is 9.64. The summed E-state index contributed by atoms with van der Waals surface area (Å²) in [6.45, 7) is 7.97. The first-order chi connectivity index (χ1) is 10.8. The maximum Gasteiger partial charge on any atom is 0.128 e. The Kier molecular flexibility index (Phi) is 6.68. The number of rotatable bonds is 8. The Labute approximate surface area is 136 Å². The highest BCUT2D eigenvalue weighted by atomic mass is 32.2. The highest BCUT2D eigenvalue weighted by molar-refractivity contribution is 7.99. The maximum atomic E-state index is 5.37. The molecule has 0 fully saturated rings. The van der Waals surface area contributed by atoms with E-state index < -0.39 is 0 Å². The summed E-state index contributed by atoms with van der Waals surface area (Å²) in [6, 6.07) is 11.9. The zero-order valence-electron chi connectivity index (χ0n) is 13.5. The number of nitrogens with one attached hydrogen (secondary N) is 1. The molecular weight excluding hydrogens is 294 g/mol. The molecule has 4 nitrogen and oxygen atoms in total. The normalized spacial score (nSPS) is 10.9. The first-order valence-electron chi connectivity index (χ1n) is 7.72. The summed E-state index contributed by atoms with van der Waals surface area (Å²) in [5.74, 6) is 1.89. The van der Waals surface area contributed by atoms with Crippen LogP contribution in [0.1, 0.15) is 13.8 Å². The second kappa shape index (κ2) is 8.76. The van der Waals surface area contributed by atoms with Gasteiger partial charge in [0.15, 0.2) is 0 Å². The van der Waals surface area contributed by atoms with Crippen LogP contribution in [0.3, 0.4) is 0 Å². The van der Waals surface area contributed by atoms with Crippen molar-refractivity contribution >= 4 is 11.8 Å². The summed E-state index contributed by atoms with van der Waals surface area (Å²) in [5.41, 5.74) is 1.82. The fourth-order valence-electron chi connectivity index (χ4n) is 2.30. The Balaban J connectivity index is 1.98. The van der Waals surface area contributed by atoms with Crippen molar-refractivity contribution in [3.05, 3.63) is 36.4 Å². The third kappa shape index (κ3) is 4.45. The molecule has 0 bridgehead atoms. The van der Waals surface area contributed by atoms with E-state index in [1.807, 2.05) is 36.4 Å². The van der Waals surface area contributed by atoms with Crippen molar-refractivity contribution in [2.24, 2.45) is 0 Å². The second-order valence-electron chi connectivity index (χ2n) is 5.01. The Morgan fingerprint density at radius 1 is 1.05 bits per heavy atom. The number of nitrogens with zero attached hydrogens (tertiary/aromatic N) is 2. The molecule has 0 aliphatic rings. The van der Waals surface area contributed by atoms with E-state index in [-0.39, 0.29) is 0 Å². The van der Waals surface area contributed by atoms with Gasteiger partial charge in [0.1, 0.15) is 10.8 Å². The van der Waals surface area contributed by atoms with E-state index in [0.29, 0.717) is 0 Å². The summed E-state index contributed by atoms with van der Waals surface area (Å²) in [6.07, 6.45) is 0. The van der Waals surface area contributed by atoms with Crippen LogP contribution in [0.2, 0.25) is 0 Å². The van der Waals surface area contributed by atoms with Gasteiger partial charge in [0.05, 0.1) is 32.4 Å². The highest BCUT2D eigenvalue weighted by Gasteiger charge is 2.08. The molecule has 5 heteroatoms. The SMILES string of the molecule is CC[NH+](CC)CCSc1ccc(-c2ccccc2OC)nn1. The van der Waals surface area contributed by atoms with Crippen molar-refractivity contribution in [3.63, 3.8) is 0 Å². The first kappa shape index (κ1) is 16.8. The topological polar surface area (TPSA) is 39.5 Å². The van der Waals surface area contributed by atoms with Gasteiger partial charge in [-0.05, 0) is 38.1 Å². The Bertz CT molecular complexity index is 570. The minimum absolute atomic E-state index is 0.822. The van der Waals surface area contributed by atoms with Gasteiger partial charge in [-0.3, -0.25) is 0 Å². The number of ether oxygens (including phenoxy) is 1. The molecule has 1 heterocycles. The van der Waals surface area contributed by atoms with Crippen molar-refractivity contribution in [3.8, 4) is 17.0 Å². The molecule has 118 valence electrons. The Morgan fingerprint density at radius 2 is 1.82 bits per heavy atom. The number of para-hydroxylation sites is 1. The zero-order valence-corrected chi connectivity index (χ0v) is 14.3. The van der Waals surface area contributed by atoms with Crippen LogP contribution in [-0.4, -0.2) is 42.7 Å². The third-order valence-electron chi connectivity index (χ3n) is 3.73. The molecule has 0 aliphatic heterocycles. The zero-order chi connectivity index (χ0) is 15.8. The lowest BCUT2D eigenvalue weighted by atomic mass is 10.1. The van der Waals surface area contributed by atoms with Gasteiger partial charge < -0.3 is 9.64 Å². The number of hydrogen-bond donors (Lipinski definition) is 1. The minimum atomic E-state index is 0.822. The summed E-state index contributed by atoms with van der Waals surface area (Å²) in [7, 11) is 1.67. The monoisotopic (exact) mass is 318 g/mol. The van der Waals surface area contributed by atoms with E-state index in [9.17, 15) is 0 Å². The van der Waals surface area contributed by atoms with E-state index in [0.717, 1.165) is 34.3 Å². The lowest BCUT2D eigenvalue weighted by Crippen LogP contribution is -3.11. The predicted octanol–water partition coefficient (Wildman–Crippen LogP) is 2.17. The molecule has 0 saturated heterocycles. The van der Waals surface area contributed by atoms with Gasteiger partial charge in [-0.2, -0.15) is 0 Å². The quantitative estimate of drug-likeness (QED) is 0.757. The van der Waals surface area contributed by atoms with Gasteiger partial charge in [-0.15, -0.1) is 10.2 Å². The van der Waals surface area contributed by atoms with Crippen LogP contribution in [-0.2, 0) is 0 Å². The van der Waals surface area contributed by atoms with Crippen molar-refractivity contribution in [2.75, 3.05) is 32.5 Å². The number of hydrogen-bond acceptors (Lipinski definition) is 4. The summed E-state index contributed by atoms with van der Waals surface area (Å²) < 4.78 is 5.37. The number of aromatic nitrogens is 2. The molecule has 1 N–H and O–H groups in total. The van der Waals surface area contributed by atoms with Gasteiger partial charge in [0, 0.05) is 11.3 Å². The van der Waals surface area contributed by atoms with Crippen LogP contribution in [0.4, 0.5) is 0 Å². The number of benzene rings is 1.